The smallest absolute Gasteiger partial charge is 0.265 e. The van der Waals surface area contributed by atoms with Crippen LogP contribution in [0.4, 0.5) is 8.78 Å². The Labute approximate surface area is 99.8 Å². The molecule has 1 aliphatic heterocycles. The lowest BCUT2D eigenvalue weighted by Crippen LogP contribution is -2.48. The Morgan fingerprint density at radius 3 is 2.47 bits per heavy atom. The number of carbonyl (C=O) groups excluding carboxylic acids is 1. The molecule has 1 saturated carbocycles. The monoisotopic (exact) mass is 247 g/mol. The molecule has 0 bridgehead atoms. The summed E-state index contributed by atoms with van der Waals surface area (Å²) in [5.41, 5.74) is 0. The summed E-state index contributed by atoms with van der Waals surface area (Å²) in [5.74, 6) is -3.02. The van der Waals surface area contributed by atoms with Crippen molar-refractivity contribution in [3.8, 4) is 0 Å². The molecule has 1 N–H and O–H groups in total. The van der Waals surface area contributed by atoms with Gasteiger partial charge in [0.1, 0.15) is 0 Å². The molecule has 0 aromatic heterocycles. The number of likely N-dealkylation sites (tertiary alicyclic amines) is 1. The third-order valence-corrected chi connectivity index (χ3v) is 3.75. The van der Waals surface area contributed by atoms with Crippen LogP contribution >= 0.6 is 0 Å². The summed E-state index contributed by atoms with van der Waals surface area (Å²) in [6, 6.07) is 0. The van der Waals surface area contributed by atoms with Crippen LogP contribution in [0.25, 0.3) is 0 Å². The van der Waals surface area contributed by atoms with Gasteiger partial charge in [-0.1, -0.05) is 0 Å². The van der Waals surface area contributed by atoms with E-state index in [1.54, 1.807) is 0 Å². The summed E-state index contributed by atoms with van der Waals surface area (Å²) >= 11 is 0. The van der Waals surface area contributed by atoms with Crippen LogP contribution in [0.15, 0.2) is 0 Å². The van der Waals surface area contributed by atoms with E-state index < -0.39 is 12.5 Å². The maximum atomic E-state index is 13.2. The third-order valence-electron chi connectivity index (χ3n) is 3.75. The van der Waals surface area contributed by atoms with Crippen LogP contribution in [-0.2, 0) is 4.79 Å². The van der Waals surface area contributed by atoms with Gasteiger partial charge in [-0.15, -0.1) is 0 Å². The largest absolute Gasteiger partial charge is 0.393 e. The highest BCUT2D eigenvalue weighted by molar-refractivity contribution is 5.79. The number of nitrogens with zero attached hydrogens (tertiary/aromatic N) is 1. The van der Waals surface area contributed by atoms with E-state index in [2.05, 4.69) is 0 Å². The van der Waals surface area contributed by atoms with Crippen molar-refractivity contribution in [2.24, 2.45) is 5.92 Å². The van der Waals surface area contributed by atoms with Gasteiger partial charge in [0.15, 0.2) is 0 Å². The molecule has 1 saturated heterocycles. The van der Waals surface area contributed by atoms with Crippen LogP contribution in [0.5, 0.6) is 0 Å². The molecule has 2 aliphatic rings. The first-order valence-corrected chi connectivity index (χ1v) is 6.33. The van der Waals surface area contributed by atoms with Crippen molar-refractivity contribution in [3.05, 3.63) is 0 Å². The highest BCUT2D eigenvalue weighted by atomic mass is 19.3. The second-order valence-electron chi connectivity index (χ2n) is 5.22. The fourth-order valence-corrected chi connectivity index (χ4v) is 2.73. The summed E-state index contributed by atoms with van der Waals surface area (Å²) in [7, 11) is 0. The van der Waals surface area contributed by atoms with Gasteiger partial charge in [-0.25, -0.2) is 8.78 Å². The van der Waals surface area contributed by atoms with Gasteiger partial charge in [0, 0.05) is 18.9 Å². The molecule has 0 unspecified atom stereocenters. The molecule has 17 heavy (non-hydrogen) atoms. The minimum absolute atomic E-state index is 0.111. The van der Waals surface area contributed by atoms with Crippen molar-refractivity contribution in [2.45, 2.75) is 50.6 Å². The molecule has 3 nitrogen and oxygen atoms in total. The first-order chi connectivity index (χ1) is 7.98. The van der Waals surface area contributed by atoms with Gasteiger partial charge < -0.3 is 10.0 Å². The van der Waals surface area contributed by atoms with Crippen LogP contribution in [0.1, 0.15) is 38.5 Å². The van der Waals surface area contributed by atoms with Crippen LogP contribution in [-0.4, -0.2) is 41.0 Å². The number of rotatable bonds is 1. The van der Waals surface area contributed by atoms with Crippen molar-refractivity contribution < 1.29 is 18.7 Å². The standard InChI is InChI=1S/C12H19F2NO2/c13-12(14)6-1-7-15(8-12)11(17)9-2-4-10(16)5-3-9/h9-10,16H,1-8H2. The average Bonchev–Trinajstić information content (AvgIpc) is 2.28. The topological polar surface area (TPSA) is 40.5 Å². The van der Waals surface area contributed by atoms with E-state index in [0.29, 0.717) is 38.6 Å². The van der Waals surface area contributed by atoms with E-state index in [0.717, 1.165) is 0 Å². The Morgan fingerprint density at radius 2 is 1.88 bits per heavy atom. The summed E-state index contributed by atoms with van der Waals surface area (Å²) in [5, 5.41) is 9.36. The highest BCUT2D eigenvalue weighted by Crippen LogP contribution is 2.30. The lowest BCUT2D eigenvalue weighted by atomic mass is 9.86. The number of carbonyl (C=O) groups is 1. The minimum Gasteiger partial charge on any atom is -0.393 e. The molecular weight excluding hydrogens is 228 g/mol. The van der Waals surface area contributed by atoms with Crippen LogP contribution in [0, 0.1) is 5.92 Å². The summed E-state index contributed by atoms with van der Waals surface area (Å²) < 4.78 is 26.4. The fraction of sp³-hybridized carbons (Fsp3) is 0.917. The number of aliphatic hydroxyl groups excluding tert-OH is 1. The van der Waals surface area contributed by atoms with Crippen molar-refractivity contribution >= 4 is 5.91 Å². The highest BCUT2D eigenvalue weighted by Gasteiger charge is 2.39. The lowest BCUT2D eigenvalue weighted by molar-refractivity contribution is -0.147. The molecule has 0 radical (unpaired) electrons. The van der Waals surface area contributed by atoms with E-state index in [1.165, 1.54) is 4.90 Å². The Morgan fingerprint density at radius 1 is 1.24 bits per heavy atom. The zero-order valence-electron chi connectivity index (χ0n) is 9.87. The van der Waals surface area contributed by atoms with Crippen molar-refractivity contribution in [1.82, 2.24) is 4.90 Å². The van der Waals surface area contributed by atoms with Crippen LogP contribution < -0.4 is 0 Å². The average molecular weight is 247 g/mol. The van der Waals surface area contributed by atoms with E-state index in [4.69, 9.17) is 0 Å². The molecule has 1 aliphatic carbocycles. The third kappa shape index (κ3) is 3.15. The molecule has 1 amide bonds. The normalized spacial score (nSPS) is 33.5. The number of aliphatic hydroxyl groups is 1. The minimum atomic E-state index is -2.72. The zero-order chi connectivity index (χ0) is 12.5. The van der Waals surface area contributed by atoms with Crippen LogP contribution in [0.2, 0.25) is 0 Å². The van der Waals surface area contributed by atoms with Crippen LogP contribution in [0.3, 0.4) is 0 Å². The molecule has 2 rings (SSSR count). The van der Waals surface area contributed by atoms with Gasteiger partial charge in [-0.05, 0) is 32.1 Å². The van der Waals surface area contributed by atoms with E-state index in [1.807, 2.05) is 0 Å². The number of hydrogen-bond donors (Lipinski definition) is 1. The molecule has 98 valence electrons. The molecular formula is C12H19F2NO2. The van der Waals surface area contributed by atoms with E-state index >= 15 is 0 Å². The molecule has 0 aromatic rings. The first-order valence-electron chi connectivity index (χ1n) is 6.33. The van der Waals surface area contributed by atoms with Crippen molar-refractivity contribution in [1.29, 1.82) is 0 Å². The van der Waals surface area contributed by atoms with E-state index in [-0.39, 0.29) is 24.3 Å². The maximum absolute atomic E-state index is 13.2. The van der Waals surface area contributed by atoms with Gasteiger partial charge in [0.2, 0.25) is 5.91 Å². The quantitative estimate of drug-likeness (QED) is 0.767. The second kappa shape index (κ2) is 4.88. The Kier molecular flexibility index (Phi) is 3.66. The number of amides is 1. The molecule has 2 fully saturated rings. The molecule has 0 aromatic carbocycles. The molecule has 1 heterocycles. The fourth-order valence-electron chi connectivity index (χ4n) is 2.73. The Balaban J connectivity index is 1.91. The predicted molar refractivity (Wildman–Crippen MR) is 58.7 cm³/mol. The molecule has 5 heteroatoms. The zero-order valence-corrected chi connectivity index (χ0v) is 9.87. The number of hydrogen-bond acceptors (Lipinski definition) is 2. The number of piperidine rings is 1. The molecule has 0 atom stereocenters. The second-order valence-corrected chi connectivity index (χ2v) is 5.22. The summed E-state index contributed by atoms with van der Waals surface area (Å²) in [6.45, 7) is 0.0262. The van der Waals surface area contributed by atoms with Crippen molar-refractivity contribution in [3.63, 3.8) is 0 Å². The Bertz CT molecular complexity index is 288. The van der Waals surface area contributed by atoms with Gasteiger partial charge in [-0.3, -0.25) is 4.79 Å². The first kappa shape index (κ1) is 12.7. The number of alkyl halides is 2. The number of halogens is 2. The SMILES string of the molecule is O=C(C1CCC(O)CC1)N1CCCC(F)(F)C1. The van der Waals surface area contributed by atoms with Gasteiger partial charge >= 0.3 is 0 Å². The lowest BCUT2D eigenvalue weighted by Gasteiger charge is -2.36. The van der Waals surface area contributed by atoms with Crippen molar-refractivity contribution in [2.75, 3.05) is 13.1 Å². The Hall–Kier alpha value is -0.710. The molecule has 0 spiro atoms. The predicted octanol–water partition coefficient (Wildman–Crippen LogP) is 1.80. The van der Waals surface area contributed by atoms with Gasteiger partial charge in [-0.2, -0.15) is 0 Å². The van der Waals surface area contributed by atoms with Gasteiger partial charge in [0.05, 0.1) is 12.6 Å². The van der Waals surface area contributed by atoms with E-state index in [9.17, 15) is 18.7 Å². The maximum Gasteiger partial charge on any atom is 0.265 e. The summed E-state index contributed by atoms with van der Waals surface area (Å²) in [6.07, 6.45) is 2.43. The van der Waals surface area contributed by atoms with Gasteiger partial charge in [0.25, 0.3) is 5.92 Å². The summed E-state index contributed by atoms with van der Waals surface area (Å²) in [4.78, 5) is 13.4.